The highest BCUT2D eigenvalue weighted by Crippen LogP contribution is 2.29. The van der Waals surface area contributed by atoms with Crippen LogP contribution in [-0.4, -0.2) is 11.0 Å². The number of anilines is 2. The summed E-state index contributed by atoms with van der Waals surface area (Å²) < 4.78 is 1.15. The monoisotopic (exact) mass is 269 g/mol. The number of nitrogens with one attached hydrogen (secondary N) is 2. The van der Waals surface area contributed by atoms with Crippen molar-refractivity contribution in [1.29, 1.82) is 0 Å². The fourth-order valence-electron chi connectivity index (χ4n) is 1.80. The molecule has 3 aromatic rings. The fraction of sp³-hybridized carbons (Fsp3) is 0. The molecule has 0 saturated heterocycles. The molecule has 2 heterocycles. The number of aromatic nitrogens is 1. The molecule has 94 valence electrons. The van der Waals surface area contributed by atoms with Crippen LogP contribution in [0, 0.1) is 0 Å². The summed E-state index contributed by atoms with van der Waals surface area (Å²) in [6, 6.07) is 11.3. The van der Waals surface area contributed by atoms with Gasteiger partial charge in [0, 0.05) is 21.7 Å². The summed E-state index contributed by atoms with van der Waals surface area (Å²) in [5, 5.41) is 8.57. The number of amides is 2. The van der Waals surface area contributed by atoms with Crippen molar-refractivity contribution in [1.82, 2.24) is 4.98 Å². The molecule has 0 saturated carbocycles. The molecule has 19 heavy (non-hydrogen) atoms. The van der Waals surface area contributed by atoms with Crippen molar-refractivity contribution >= 4 is 38.8 Å². The van der Waals surface area contributed by atoms with Crippen LogP contribution in [-0.2, 0) is 0 Å². The van der Waals surface area contributed by atoms with E-state index < -0.39 is 0 Å². The number of benzene rings is 1. The van der Waals surface area contributed by atoms with E-state index in [1.807, 2.05) is 29.6 Å². The number of urea groups is 1. The minimum atomic E-state index is -0.267. The van der Waals surface area contributed by atoms with E-state index in [0.29, 0.717) is 5.69 Å². The molecular weight excluding hydrogens is 258 g/mol. The number of nitrogens with zero attached hydrogens (tertiary/aromatic N) is 1. The molecule has 0 aliphatic heterocycles. The Morgan fingerprint density at radius 3 is 2.84 bits per heavy atom. The van der Waals surface area contributed by atoms with Crippen molar-refractivity contribution in [2.24, 2.45) is 0 Å². The van der Waals surface area contributed by atoms with Crippen LogP contribution < -0.4 is 10.6 Å². The van der Waals surface area contributed by atoms with Crippen molar-refractivity contribution in [3.05, 3.63) is 54.2 Å². The van der Waals surface area contributed by atoms with Crippen LogP contribution in [0.5, 0.6) is 0 Å². The molecule has 2 N–H and O–H groups in total. The van der Waals surface area contributed by atoms with Crippen molar-refractivity contribution in [3.63, 3.8) is 0 Å². The van der Waals surface area contributed by atoms with Crippen molar-refractivity contribution < 1.29 is 4.79 Å². The zero-order valence-electron chi connectivity index (χ0n) is 9.96. The molecule has 0 aliphatic rings. The molecule has 1 aromatic carbocycles. The zero-order chi connectivity index (χ0) is 13.1. The average molecular weight is 269 g/mol. The molecular formula is C14H11N3OS. The first kappa shape index (κ1) is 11.7. The summed E-state index contributed by atoms with van der Waals surface area (Å²) >= 11 is 1.61. The second kappa shape index (κ2) is 5.07. The minimum absolute atomic E-state index is 0.267. The molecule has 0 spiro atoms. The third-order valence-corrected chi connectivity index (χ3v) is 3.61. The minimum Gasteiger partial charge on any atom is -0.306 e. The van der Waals surface area contributed by atoms with E-state index in [-0.39, 0.29) is 6.03 Å². The molecule has 2 aromatic heterocycles. The van der Waals surface area contributed by atoms with Gasteiger partial charge < -0.3 is 10.6 Å². The highest BCUT2D eigenvalue weighted by molar-refractivity contribution is 7.17. The lowest BCUT2D eigenvalue weighted by atomic mass is 10.2. The molecule has 4 nitrogen and oxygen atoms in total. The summed E-state index contributed by atoms with van der Waals surface area (Å²) in [5.41, 5.74) is 1.49. The number of carbonyl (C=O) groups excluding carboxylic acids is 1. The Hall–Kier alpha value is -2.40. The normalized spacial score (nSPS) is 10.3. The van der Waals surface area contributed by atoms with E-state index in [0.717, 1.165) is 15.8 Å². The standard InChI is InChI=1S/C14H11N3OS/c18-14(16-10-4-3-7-15-8-10)17-12-9-19-13-6-2-1-5-11(12)13/h1-9H,(H2,16,17,18). The van der Waals surface area contributed by atoms with Crippen LogP contribution in [0.4, 0.5) is 16.2 Å². The van der Waals surface area contributed by atoms with Crippen LogP contribution >= 0.6 is 11.3 Å². The van der Waals surface area contributed by atoms with Gasteiger partial charge in [0.15, 0.2) is 0 Å². The first-order chi connectivity index (χ1) is 9.33. The summed E-state index contributed by atoms with van der Waals surface area (Å²) in [4.78, 5) is 15.8. The Morgan fingerprint density at radius 1 is 1.11 bits per heavy atom. The van der Waals surface area contributed by atoms with E-state index in [1.165, 1.54) is 0 Å². The maximum Gasteiger partial charge on any atom is 0.323 e. The third kappa shape index (κ3) is 2.56. The fourth-order valence-corrected chi connectivity index (χ4v) is 2.69. The number of thiophene rings is 1. The topological polar surface area (TPSA) is 54.0 Å². The first-order valence-corrected chi connectivity index (χ1v) is 6.65. The van der Waals surface area contributed by atoms with E-state index in [4.69, 9.17) is 0 Å². The van der Waals surface area contributed by atoms with E-state index in [1.54, 1.807) is 35.9 Å². The number of fused-ring (bicyclic) bond motifs is 1. The van der Waals surface area contributed by atoms with Gasteiger partial charge in [0.25, 0.3) is 0 Å². The molecule has 0 radical (unpaired) electrons. The van der Waals surface area contributed by atoms with Gasteiger partial charge in [-0.1, -0.05) is 18.2 Å². The lowest BCUT2D eigenvalue weighted by Crippen LogP contribution is -2.19. The lowest BCUT2D eigenvalue weighted by molar-refractivity contribution is 0.262. The molecule has 0 bridgehead atoms. The maximum absolute atomic E-state index is 11.9. The Bertz CT molecular complexity index is 709. The number of rotatable bonds is 2. The number of hydrogen-bond acceptors (Lipinski definition) is 3. The maximum atomic E-state index is 11.9. The van der Waals surface area contributed by atoms with Gasteiger partial charge in [-0.3, -0.25) is 4.98 Å². The molecule has 5 heteroatoms. The van der Waals surface area contributed by atoms with E-state index >= 15 is 0 Å². The summed E-state index contributed by atoms with van der Waals surface area (Å²) in [5.74, 6) is 0. The zero-order valence-corrected chi connectivity index (χ0v) is 10.8. The number of carbonyl (C=O) groups is 1. The van der Waals surface area contributed by atoms with Gasteiger partial charge >= 0.3 is 6.03 Å². The van der Waals surface area contributed by atoms with Crippen LogP contribution in [0.3, 0.4) is 0 Å². The summed E-state index contributed by atoms with van der Waals surface area (Å²) in [6.45, 7) is 0. The van der Waals surface area contributed by atoms with Gasteiger partial charge in [0.1, 0.15) is 0 Å². The quantitative estimate of drug-likeness (QED) is 0.740. The molecule has 0 atom stereocenters. The van der Waals surface area contributed by atoms with Gasteiger partial charge in [-0.05, 0) is 18.2 Å². The van der Waals surface area contributed by atoms with Gasteiger partial charge in [-0.15, -0.1) is 11.3 Å². The van der Waals surface area contributed by atoms with E-state index in [9.17, 15) is 4.79 Å². The van der Waals surface area contributed by atoms with Crippen LogP contribution in [0.15, 0.2) is 54.2 Å². The molecule has 0 fully saturated rings. The van der Waals surface area contributed by atoms with Crippen LogP contribution in [0.25, 0.3) is 10.1 Å². The molecule has 0 aliphatic carbocycles. The highest BCUT2D eigenvalue weighted by atomic mass is 32.1. The Balaban J connectivity index is 1.76. The second-order valence-electron chi connectivity index (χ2n) is 3.97. The predicted octanol–water partition coefficient (Wildman–Crippen LogP) is 3.94. The van der Waals surface area contributed by atoms with Crippen molar-refractivity contribution in [3.8, 4) is 0 Å². The first-order valence-electron chi connectivity index (χ1n) is 5.77. The SMILES string of the molecule is O=C(Nc1cccnc1)Nc1csc2ccccc12. The largest absolute Gasteiger partial charge is 0.323 e. The van der Waals surface area contributed by atoms with Gasteiger partial charge in [0.2, 0.25) is 0 Å². The second-order valence-corrected chi connectivity index (χ2v) is 4.88. The third-order valence-electron chi connectivity index (χ3n) is 2.65. The Labute approximate surface area is 114 Å². The van der Waals surface area contributed by atoms with Crippen molar-refractivity contribution in [2.75, 3.05) is 10.6 Å². The highest BCUT2D eigenvalue weighted by Gasteiger charge is 2.07. The molecule has 0 unspecified atom stereocenters. The molecule has 2 amide bonds. The lowest BCUT2D eigenvalue weighted by Gasteiger charge is -2.06. The van der Waals surface area contributed by atoms with Crippen LogP contribution in [0.1, 0.15) is 0 Å². The van der Waals surface area contributed by atoms with Crippen LogP contribution in [0.2, 0.25) is 0 Å². The van der Waals surface area contributed by atoms with E-state index in [2.05, 4.69) is 15.6 Å². The number of pyridine rings is 1. The smallest absolute Gasteiger partial charge is 0.306 e. The Morgan fingerprint density at radius 2 is 2.00 bits per heavy atom. The predicted molar refractivity (Wildman–Crippen MR) is 78.7 cm³/mol. The Kier molecular flexibility index (Phi) is 3.12. The summed E-state index contributed by atoms with van der Waals surface area (Å²) in [6.07, 6.45) is 3.26. The van der Waals surface area contributed by atoms with Gasteiger partial charge in [-0.25, -0.2) is 4.79 Å². The van der Waals surface area contributed by atoms with Gasteiger partial charge in [0.05, 0.1) is 17.6 Å². The number of hydrogen-bond donors (Lipinski definition) is 2. The average Bonchev–Trinajstić information content (AvgIpc) is 2.83. The van der Waals surface area contributed by atoms with Crippen molar-refractivity contribution in [2.45, 2.75) is 0 Å². The van der Waals surface area contributed by atoms with Gasteiger partial charge in [-0.2, -0.15) is 0 Å². The summed E-state index contributed by atoms with van der Waals surface area (Å²) in [7, 11) is 0. The molecule has 3 rings (SSSR count).